The predicted octanol–water partition coefficient (Wildman–Crippen LogP) is 5.71. The molecule has 0 bridgehead atoms. The summed E-state index contributed by atoms with van der Waals surface area (Å²) < 4.78 is 5.00. The van der Waals surface area contributed by atoms with Crippen LogP contribution in [0.4, 0.5) is 0 Å². The zero-order chi connectivity index (χ0) is 16.7. The quantitative estimate of drug-likeness (QED) is 0.309. The molecule has 0 aliphatic carbocycles. The molecule has 0 amide bonds. The van der Waals surface area contributed by atoms with Gasteiger partial charge in [0.1, 0.15) is 0 Å². The third kappa shape index (κ3) is 17.7. The summed E-state index contributed by atoms with van der Waals surface area (Å²) in [6.45, 7) is 5.50. The fraction of sp³-hybridized carbons (Fsp3) is 0.944. The summed E-state index contributed by atoms with van der Waals surface area (Å²) in [5.74, 6) is -0.234. The molecule has 0 atom stereocenters. The van der Waals surface area contributed by atoms with Crippen molar-refractivity contribution in [3.63, 3.8) is 0 Å². The summed E-state index contributed by atoms with van der Waals surface area (Å²) in [7, 11) is -2.67. The molecule has 0 rings (SSSR count). The van der Waals surface area contributed by atoms with Crippen molar-refractivity contribution in [2.45, 2.75) is 110 Å². The topological polar surface area (TPSA) is 46.5 Å². The van der Waals surface area contributed by atoms with Gasteiger partial charge in [-0.1, -0.05) is 84.0 Å². The molecule has 0 aliphatic rings. The highest BCUT2D eigenvalue weighted by Crippen LogP contribution is 2.13. The van der Waals surface area contributed by atoms with E-state index in [2.05, 4.69) is 6.92 Å². The molecule has 0 fully saturated rings. The number of hydrogen-bond donors (Lipinski definition) is 1. The number of unbranched alkanes of at least 4 members (excludes halogenated alkanes) is 12. The molecule has 0 saturated carbocycles. The first-order chi connectivity index (χ1) is 10.5. The van der Waals surface area contributed by atoms with Crippen LogP contribution < -0.4 is 0 Å². The van der Waals surface area contributed by atoms with E-state index in [1.807, 2.05) is 0 Å². The fourth-order valence-electron chi connectivity index (χ4n) is 2.62. The summed E-state index contributed by atoms with van der Waals surface area (Å²) in [4.78, 5) is 20.9. The van der Waals surface area contributed by atoms with Crippen LogP contribution in [0, 0.1) is 0 Å². The summed E-state index contributed by atoms with van der Waals surface area (Å²) in [5, 5.41) is 0. The molecule has 4 heteroatoms. The molecule has 0 aromatic heterocycles. The number of hydrogen-bond acceptors (Lipinski definition) is 3. The summed E-state index contributed by atoms with van der Waals surface area (Å²) >= 11 is 0. The van der Waals surface area contributed by atoms with E-state index in [0.717, 1.165) is 12.8 Å². The molecule has 0 saturated heterocycles. The van der Waals surface area contributed by atoms with Crippen LogP contribution >= 0.6 is 0 Å². The molecule has 1 N–H and O–H groups in total. The first kappa shape index (κ1) is 21.6. The second-order valence-corrected chi connectivity index (χ2v) is 10.0. The molecule has 22 heavy (non-hydrogen) atoms. The average Bonchev–Trinajstić information content (AvgIpc) is 2.42. The normalized spacial score (nSPS) is 11.6. The highest BCUT2D eigenvalue weighted by Gasteiger charge is 2.23. The lowest BCUT2D eigenvalue weighted by Gasteiger charge is -2.14. The SMILES string of the molecule is CCCCCCCCCCCCCCCC(=O)O[Si](C)(C)O. The molecule has 0 aromatic carbocycles. The van der Waals surface area contributed by atoms with E-state index in [4.69, 9.17) is 4.43 Å². The highest BCUT2D eigenvalue weighted by molar-refractivity contribution is 6.64. The lowest BCUT2D eigenvalue weighted by molar-refractivity contribution is -0.136. The maximum atomic E-state index is 11.4. The van der Waals surface area contributed by atoms with Crippen molar-refractivity contribution in [3.8, 4) is 0 Å². The molecule has 132 valence electrons. The maximum absolute atomic E-state index is 11.4. The van der Waals surface area contributed by atoms with Crippen molar-refractivity contribution < 1.29 is 14.0 Å². The number of rotatable bonds is 15. The average molecular weight is 331 g/mol. The Labute approximate surface area is 139 Å². The third-order valence-electron chi connectivity index (χ3n) is 3.85. The standard InChI is InChI=1S/C18H38O3Si/c1-4-5-6-7-8-9-10-11-12-13-14-15-16-17-18(19)21-22(2,3)20/h20H,4-17H2,1-3H3. The fourth-order valence-corrected chi connectivity index (χ4v) is 3.28. The predicted molar refractivity (Wildman–Crippen MR) is 96.1 cm³/mol. The van der Waals surface area contributed by atoms with Crippen molar-refractivity contribution in [3.05, 3.63) is 0 Å². The molecule has 0 radical (unpaired) electrons. The smallest absolute Gasteiger partial charge is 0.392 e. The lowest BCUT2D eigenvalue weighted by atomic mass is 10.0. The van der Waals surface area contributed by atoms with Gasteiger partial charge in [-0.2, -0.15) is 0 Å². The minimum Gasteiger partial charge on any atom is -0.495 e. The Balaban J connectivity index is 3.16. The van der Waals surface area contributed by atoms with Crippen molar-refractivity contribution >= 4 is 14.5 Å². The second kappa shape index (κ2) is 14.3. The van der Waals surface area contributed by atoms with Gasteiger partial charge in [0, 0.05) is 6.42 Å². The van der Waals surface area contributed by atoms with Crippen LogP contribution in [0.15, 0.2) is 0 Å². The largest absolute Gasteiger partial charge is 0.495 e. The van der Waals surface area contributed by atoms with Gasteiger partial charge in [0.05, 0.1) is 0 Å². The van der Waals surface area contributed by atoms with Crippen LogP contribution in [-0.2, 0) is 9.22 Å². The number of carbonyl (C=O) groups excluding carboxylic acids is 1. The van der Waals surface area contributed by atoms with Crippen molar-refractivity contribution in [2.24, 2.45) is 0 Å². The second-order valence-electron chi connectivity index (χ2n) is 6.91. The summed E-state index contributed by atoms with van der Waals surface area (Å²) in [5.41, 5.74) is 0. The zero-order valence-corrected chi connectivity index (χ0v) is 16.2. The lowest BCUT2D eigenvalue weighted by Crippen LogP contribution is -2.33. The molecule has 0 aliphatic heterocycles. The van der Waals surface area contributed by atoms with Crippen LogP contribution in [0.25, 0.3) is 0 Å². The van der Waals surface area contributed by atoms with Gasteiger partial charge in [0.15, 0.2) is 0 Å². The van der Waals surface area contributed by atoms with E-state index >= 15 is 0 Å². The molecule has 0 spiro atoms. The van der Waals surface area contributed by atoms with E-state index < -0.39 is 8.56 Å². The van der Waals surface area contributed by atoms with Crippen LogP contribution in [0.3, 0.4) is 0 Å². The van der Waals surface area contributed by atoms with Gasteiger partial charge in [-0.15, -0.1) is 0 Å². The van der Waals surface area contributed by atoms with Crippen molar-refractivity contribution in [1.82, 2.24) is 0 Å². The summed E-state index contributed by atoms with van der Waals surface area (Å²) in [6.07, 6.45) is 17.4. The van der Waals surface area contributed by atoms with Crippen LogP contribution in [0.5, 0.6) is 0 Å². The van der Waals surface area contributed by atoms with Gasteiger partial charge in [-0.05, 0) is 19.5 Å². The maximum Gasteiger partial charge on any atom is 0.392 e. The van der Waals surface area contributed by atoms with Crippen LogP contribution in [0.1, 0.15) is 96.8 Å². The van der Waals surface area contributed by atoms with Gasteiger partial charge < -0.3 is 9.22 Å². The third-order valence-corrected chi connectivity index (χ3v) is 4.58. The van der Waals surface area contributed by atoms with Crippen LogP contribution in [-0.4, -0.2) is 19.3 Å². The Morgan fingerprint density at radius 2 is 1.14 bits per heavy atom. The van der Waals surface area contributed by atoms with Crippen molar-refractivity contribution in [1.29, 1.82) is 0 Å². The van der Waals surface area contributed by atoms with Crippen LogP contribution in [0.2, 0.25) is 13.1 Å². The number of carbonyl (C=O) groups is 1. The molecule has 0 aromatic rings. The van der Waals surface area contributed by atoms with Gasteiger partial charge >= 0.3 is 8.56 Å². The van der Waals surface area contributed by atoms with E-state index in [0.29, 0.717) is 6.42 Å². The molecule has 0 unspecified atom stereocenters. The van der Waals surface area contributed by atoms with Gasteiger partial charge in [0.2, 0.25) is 0 Å². The van der Waals surface area contributed by atoms with Crippen molar-refractivity contribution in [2.75, 3.05) is 0 Å². The van der Waals surface area contributed by atoms with E-state index in [1.165, 1.54) is 70.6 Å². The molecular formula is C18H38O3Si. The first-order valence-electron chi connectivity index (χ1n) is 9.40. The van der Waals surface area contributed by atoms with Gasteiger partial charge in [-0.3, -0.25) is 4.79 Å². The highest BCUT2D eigenvalue weighted by atomic mass is 28.4. The Hall–Kier alpha value is -0.353. The Kier molecular flexibility index (Phi) is 14.0. The Morgan fingerprint density at radius 1 is 0.773 bits per heavy atom. The Morgan fingerprint density at radius 3 is 1.50 bits per heavy atom. The van der Waals surface area contributed by atoms with Gasteiger partial charge in [0.25, 0.3) is 5.97 Å². The van der Waals surface area contributed by atoms with Gasteiger partial charge in [-0.25, -0.2) is 0 Å². The monoisotopic (exact) mass is 330 g/mol. The van der Waals surface area contributed by atoms with E-state index in [1.54, 1.807) is 13.1 Å². The molecule has 3 nitrogen and oxygen atoms in total. The van der Waals surface area contributed by atoms with E-state index in [-0.39, 0.29) is 5.97 Å². The molecular weight excluding hydrogens is 292 g/mol. The van der Waals surface area contributed by atoms with E-state index in [9.17, 15) is 9.59 Å². The minimum atomic E-state index is -2.67. The Bertz CT molecular complexity index is 262. The minimum absolute atomic E-state index is 0.234. The molecule has 0 heterocycles. The first-order valence-corrected chi connectivity index (χ1v) is 12.3. The zero-order valence-electron chi connectivity index (χ0n) is 15.2. The summed E-state index contributed by atoms with van der Waals surface area (Å²) in [6, 6.07) is 0.